The van der Waals surface area contributed by atoms with Crippen molar-refractivity contribution in [2.45, 2.75) is 0 Å². The van der Waals surface area contributed by atoms with E-state index < -0.39 is 0 Å². The predicted molar refractivity (Wildman–Crippen MR) is 60.4 cm³/mol. The minimum atomic E-state index is 0.369. The standard InChI is InChI=1S/C13H13N/c1-2-4-8-12(7-3-1)13-9-5-6-10-14-11-13/h1-12,14H. The predicted octanol–water partition coefficient (Wildman–Crippen LogP) is 2.84. The summed E-state index contributed by atoms with van der Waals surface area (Å²) in [6.07, 6.45) is 22.7. The van der Waals surface area contributed by atoms with Gasteiger partial charge in [0.1, 0.15) is 0 Å². The third kappa shape index (κ3) is 2.13. The van der Waals surface area contributed by atoms with Gasteiger partial charge in [0.25, 0.3) is 0 Å². The molecule has 1 nitrogen and oxygen atoms in total. The quantitative estimate of drug-likeness (QED) is 0.659. The van der Waals surface area contributed by atoms with E-state index in [1.54, 1.807) is 0 Å². The summed E-state index contributed by atoms with van der Waals surface area (Å²) in [5, 5.41) is 3.12. The average Bonchev–Trinajstić information content (AvgIpc) is 2.62. The third-order valence-electron chi connectivity index (χ3n) is 2.20. The zero-order valence-corrected chi connectivity index (χ0v) is 7.93. The maximum Gasteiger partial charge on any atom is 0.0219 e. The Labute approximate surface area is 84.5 Å². The Morgan fingerprint density at radius 3 is 2.43 bits per heavy atom. The fraction of sp³-hybridized carbons (Fsp3) is 0.0769. The van der Waals surface area contributed by atoms with Gasteiger partial charge in [-0.1, -0.05) is 48.6 Å². The summed E-state index contributed by atoms with van der Waals surface area (Å²) in [5.41, 5.74) is 1.27. The molecule has 0 saturated carbocycles. The topological polar surface area (TPSA) is 12.0 Å². The van der Waals surface area contributed by atoms with Crippen molar-refractivity contribution in [3.05, 3.63) is 72.7 Å². The molecule has 14 heavy (non-hydrogen) atoms. The van der Waals surface area contributed by atoms with E-state index >= 15 is 0 Å². The molecule has 2 aliphatic rings. The lowest BCUT2D eigenvalue weighted by Gasteiger charge is -2.07. The van der Waals surface area contributed by atoms with Crippen LogP contribution >= 0.6 is 0 Å². The molecular formula is C13H13N. The summed E-state index contributed by atoms with van der Waals surface area (Å²) in [4.78, 5) is 0. The van der Waals surface area contributed by atoms with Crippen molar-refractivity contribution in [1.82, 2.24) is 5.32 Å². The van der Waals surface area contributed by atoms with Crippen molar-refractivity contribution in [2.24, 2.45) is 5.92 Å². The highest BCUT2D eigenvalue weighted by Crippen LogP contribution is 2.18. The van der Waals surface area contributed by atoms with Gasteiger partial charge in [-0.05, 0) is 11.6 Å². The van der Waals surface area contributed by atoms with Gasteiger partial charge in [0.2, 0.25) is 0 Å². The molecule has 1 N–H and O–H groups in total. The Bertz CT molecular complexity index is 349. The molecular weight excluding hydrogens is 170 g/mol. The van der Waals surface area contributed by atoms with E-state index in [1.165, 1.54) is 5.57 Å². The molecule has 0 aromatic rings. The lowest BCUT2D eigenvalue weighted by molar-refractivity contribution is 0.982. The number of allylic oxidation sites excluding steroid dienone is 10. The number of hydrogen-bond donors (Lipinski definition) is 1. The molecule has 0 spiro atoms. The van der Waals surface area contributed by atoms with Crippen LogP contribution in [0.2, 0.25) is 0 Å². The van der Waals surface area contributed by atoms with E-state index in [0.29, 0.717) is 5.92 Å². The van der Waals surface area contributed by atoms with Crippen molar-refractivity contribution in [1.29, 1.82) is 0 Å². The molecule has 1 aliphatic heterocycles. The van der Waals surface area contributed by atoms with Crippen LogP contribution in [0, 0.1) is 5.92 Å². The average molecular weight is 183 g/mol. The summed E-state index contributed by atoms with van der Waals surface area (Å²) in [7, 11) is 0. The number of nitrogens with one attached hydrogen (secondary N) is 1. The summed E-state index contributed by atoms with van der Waals surface area (Å²) < 4.78 is 0. The number of hydrogen-bond acceptors (Lipinski definition) is 1. The van der Waals surface area contributed by atoms with Crippen molar-refractivity contribution < 1.29 is 0 Å². The summed E-state index contributed by atoms with van der Waals surface area (Å²) in [5.74, 6) is 0.369. The first kappa shape index (κ1) is 8.82. The molecule has 2 rings (SSSR count). The smallest absolute Gasteiger partial charge is 0.0219 e. The minimum Gasteiger partial charge on any atom is -0.367 e. The largest absolute Gasteiger partial charge is 0.367 e. The Morgan fingerprint density at radius 1 is 0.857 bits per heavy atom. The molecule has 0 bridgehead atoms. The highest BCUT2D eigenvalue weighted by atomic mass is 14.8. The molecule has 0 unspecified atom stereocenters. The molecule has 0 saturated heterocycles. The molecule has 1 heterocycles. The van der Waals surface area contributed by atoms with Gasteiger partial charge in [0, 0.05) is 18.3 Å². The van der Waals surface area contributed by atoms with Crippen molar-refractivity contribution in [2.75, 3.05) is 0 Å². The zero-order valence-electron chi connectivity index (χ0n) is 7.93. The van der Waals surface area contributed by atoms with Gasteiger partial charge in [0.05, 0.1) is 0 Å². The maximum absolute atomic E-state index is 3.12. The van der Waals surface area contributed by atoms with Crippen molar-refractivity contribution in [3.8, 4) is 0 Å². The Morgan fingerprint density at radius 2 is 1.64 bits per heavy atom. The van der Waals surface area contributed by atoms with E-state index in [2.05, 4.69) is 35.7 Å². The Kier molecular flexibility index (Phi) is 2.82. The van der Waals surface area contributed by atoms with Crippen LogP contribution in [-0.4, -0.2) is 0 Å². The molecule has 70 valence electrons. The maximum atomic E-state index is 3.12. The van der Waals surface area contributed by atoms with Crippen LogP contribution in [0.25, 0.3) is 0 Å². The number of rotatable bonds is 1. The fourth-order valence-electron chi connectivity index (χ4n) is 1.46. The molecule has 0 aromatic carbocycles. The van der Waals surface area contributed by atoms with E-state index in [-0.39, 0.29) is 0 Å². The van der Waals surface area contributed by atoms with Crippen molar-refractivity contribution >= 4 is 0 Å². The molecule has 0 radical (unpaired) electrons. The Balaban J connectivity index is 2.18. The second kappa shape index (κ2) is 4.47. The SMILES string of the molecule is C1=CC=CC(C2=CNC=CC=C2)C=C1. The van der Waals surface area contributed by atoms with E-state index in [1.807, 2.05) is 36.7 Å². The lowest BCUT2D eigenvalue weighted by atomic mass is 9.99. The van der Waals surface area contributed by atoms with Gasteiger partial charge >= 0.3 is 0 Å². The molecule has 1 heteroatoms. The molecule has 0 atom stereocenters. The first-order chi connectivity index (χ1) is 6.97. The van der Waals surface area contributed by atoms with E-state index in [0.717, 1.165) is 0 Å². The van der Waals surface area contributed by atoms with Crippen LogP contribution in [0.4, 0.5) is 0 Å². The van der Waals surface area contributed by atoms with Crippen LogP contribution < -0.4 is 5.32 Å². The molecule has 1 aliphatic carbocycles. The Hall–Kier alpha value is -1.76. The van der Waals surface area contributed by atoms with Gasteiger partial charge in [-0.15, -0.1) is 0 Å². The first-order valence-electron chi connectivity index (χ1n) is 4.78. The van der Waals surface area contributed by atoms with Gasteiger partial charge in [-0.2, -0.15) is 0 Å². The van der Waals surface area contributed by atoms with Crippen LogP contribution in [0.5, 0.6) is 0 Å². The first-order valence-corrected chi connectivity index (χ1v) is 4.78. The minimum absolute atomic E-state index is 0.369. The zero-order chi connectivity index (χ0) is 9.64. The molecule has 0 fully saturated rings. The third-order valence-corrected chi connectivity index (χ3v) is 2.20. The summed E-state index contributed by atoms with van der Waals surface area (Å²) in [6, 6.07) is 0. The van der Waals surface area contributed by atoms with Gasteiger partial charge < -0.3 is 5.32 Å². The monoisotopic (exact) mass is 183 g/mol. The van der Waals surface area contributed by atoms with Crippen molar-refractivity contribution in [3.63, 3.8) is 0 Å². The lowest BCUT2D eigenvalue weighted by Crippen LogP contribution is -1.99. The highest BCUT2D eigenvalue weighted by Gasteiger charge is 2.05. The van der Waals surface area contributed by atoms with Gasteiger partial charge in [-0.3, -0.25) is 0 Å². The molecule has 0 amide bonds. The van der Waals surface area contributed by atoms with E-state index in [4.69, 9.17) is 0 Å². The second-order valence-electron chi connectivity index (χ2n) is 3.21. The molecule has 0 aromatic heterocycles. The summed E-state index contributed by atoms with van der Waals surface area (Å²) >= 11 is 0. The van der Waals surface area contributed by atoms with Crippen LogP contribution in [0.3, 0.4) is 0 Å². The van der Waals surface area contributed by atoms with Crippen LogP contribution in [0.1, 0.15) is 0 Å². The highest BCUT2D eigenvalue weighted by molar-refractivity contribution is 5.35. The van der Waals surface area contributed by atoms with Crippen LogP contribution in [0.15, 0.2) is 72.7 Å². The van der Waals surface area contributed by atoms with E-state index in [9.17, 15) is 0 Å². The normalized spacial score (nSPS) is 20.1. The van der Waals surface area contributed by atoms with Gasteiger partial charge in [0.15, 0.2) is 0 Å². The van der Waals surface area contributed by atoms with Crippen LogP contribution in [-0.2, 0) is 0 Å². The second-order valence-corrected chi connectivity index (χ2v) is 3.21. The van der Waals surface area contributed by atoms with Gasteiger partial charge in [-0.25, -0.2) is 0 Å². The fourth-order valence-corrected chi connectivity index (χ4v) is 1.46. The summed E-state index contributed by atoms with van der Waals surface area (Å²) in [6.45, 7) is 0.